The molecule has 0 spiro atoms. The Morgan fingerprint density at radius 3 is 2.37 bits per heavy atom. The van der Waals surface area contributed by atoms with Crippen LogP contribution >= 0.6 is 0 Å². The summed E-state index contributed by atoms with van der Waals surface area (Å²) in [5.41, 5.74) is 2.98. The lowest BCUT2D eigenvalue weighted by Gasteiger charge is -2.26. The number of nitrogens with zero attached hydrogens (tertiary/aromatic N) is 3. The lowest BCUT2D eigenvalue weighted by Crippen LogP contribution is -2.46. The number of carbonyl (C=O) groups is 3. The maximum absolute atomic E-state index is 12.7. The van der Waals surface area contributed by atoms with E-state index in [0.717, 1.165) is 23.5 Å². The molecule has 8 nitrogen and oxygen atoms in total. The summed E-state index contributed by atoms with van der Waals surface area (Å²) < 4.78 is 1.97. The van der Waals surface area contributed by atoms with Crippen LogP contribution < -0.4 is 5.32 Å². The van der Waals surface area contributed by atoms with Crippen LogP contribution in [0.2, 0.25) is 0 Å². The quantitative estimate of drug-likeness (QED) is 0.640. The molecular weight excluding hydrogens is 348 g/mol. The number of carboxylic acid groups (broad SMARTS) is 1. The predicted octanol–water partition coefficient (Wildman–Crippen LogP) is 1.53. The summed E-state index contributed by atoms with van der Waals surface area (Å²) in [6, 6.07) is -0.947. The van der Waals surface area contributed by atoms with Gasteiger partial charge >= 0.3 is 5.97 Å². The van der Waals surface area contributed by atoms with Gasteiger partial charge in [-0.05, 0) is 38.7 Å². The Kier molecular flexibility index (Phi) is 8.46. The number of carbonyl (C=O) groups excluding carboxylic acids is 2. The zero-order valence-electron chi connectivity index (χ0n) is 17.2. The molecule has 0 aliphatic carbocycles. The smallest absolute Gasteiger partial charge is 0.326 e. The number of aryl methyl sites for hydroxylation is 1. The number of aromatic nitrogens is 2. The van der Waals surface area contributed by atoms with Gasteiger partial charge in [-0.25, -0.2) is 4.79 Å². The Labute approximate surface area is 160 Å². The summed E-state index contributed by atoms with van der Waals surface area (Å²) in [6.07, 6.45) is 0.713. The third kappa shape index (κ3) is 6.69. The van der Waals surface area contributed by atoms with Gasteiger partial charge in [-0.15, -0.1) is 0 Å². The first-order valence-corrected chi connectivity index (χ1v) is 9.34. The highest BCUT2D eigenvalue weighted by Crippen LogP contribution is 2.17. The van der Waals surface area contributed by atoms with Crippen LogP contribution in [0.15, 0.2) is 0 Å². The van der Waals surface area contributed by atoms with Crippen molar-refractivity contribution in [3.05, 3.63) is 17.0 Å². The fraction of sp³-hybridized carbons (Fsp3) is 0.684. The Morgan fingerprint density at radius 2 is 1.85 bits per heavy atom. The van der Waals surface area contributed by atoms with Crippen LogP contribution in [0.3, 0.4) is 0 Å². The number of nitrogens with one attached hydrogen (secondary N) is 1. The fourth-order valence-corrected chi connectivity index (χ4v) is 3.02. The van der Waals surface area contributed by atoms with E-state index in [2.05, 4.69) is 24.3 Å². The molecule has 0 aliphatic rings. The summed E-state index contributed by atoms with van der Waals surface area (Å²) in [7, 11) is 0. The molecule has 152 valence electrons. The van der Waals surface area contributed by atoms with Crippen molar-refractivity contribution in [2.24, 2.45) is 5.92 Å². The summed E-state index contributed by atoms with van der Waals surface area (Å²) >= 11 is 0. The van der Waals surface area contributed by atoms with E-state index >= 15 is 0 Å². The van der Waals surface area contributed by atoms with Crippen molar-refractivity contribution < 1.29 is 19.5 Å². The van der Waals surface area contributed by atoms with E-state index in [-0.39, 0.29) is 31.3 Å². The molecule has 1 atom stereocenters. The van der Waals surface area contributed by atoms with Crippen molar-refractivity contribution in [2.45, 2.75) is 67.0 Å². The zero-order valence-corrected chi connectivity index (χ0v) is 17.2. The number of hydrogen-bond donors (Lipinski definition) is 2. The number of hydrogen-bond acceptors (Lipinski definition) is 4. The maximum Gasteiger partial charge on any atom is 0.326 e. The lowest BCUT2D eigenvalue weighted by molar-refractivity contribution is -0.149. The molecule has 2 N–H and O–H groups in total. The zero-order chi connectivity index (χ0) is 20.7. The first-order valence-electron chi connectivity index (χ1n) is 9.34. The molecule has 1 aromatic heterocycles. The summed E-state index contributed by atoms with van der Waals surface area (Å²) in [4.78, 5) is 36.3. The SMILES string of the molecule is CC(=O)NCCN(C(=O)CCc1c(C)nn(CC(C)C)c1C)C(C)C(=O)O. The second-order valence-corrected chi connectivity index (χ2v) is 7.31. The minimum Gasteiger partial charge on any atom is -0.480 e. The Balaban J connectivity index is 2.82. The second kappa shape index (κ2) is 10.1. The fourth-order valence-electron chi connectivity index (χ4n) is 3.02. The maximum atomic E-state index is 12.7. The van der Waals surface area contributed by atoms with Crippen molar-refractivity contribution in [3.8, 4) is 0 Å². The van der Waals surface area contributed by atoms with Gasteiger partial charge in [-0.2, -0.15) is 5.10 Å². The average molecular weight is 380 g/mol. The van der Waals surface area contributed by atoms with E-state index in [9.17, 15) is 19.5 Å². The molecule has 0 aromatic carbocycles. The average Bonchev–Trinajstić information content (AvgIpc) is 2.81. The van der Waals surface area contributed by atoms with Crippen LogP contribution in [0.25, 0.3) is 0 Å². The van der Waals surface area contributed by atoms with E-state index < -0.39 is 12.0 Å². The van der Waals surface area contributed by atoms with Gasteiger partial charge in [0.15, 0.2) is 0 Å². The topological polar surface area (TPSA) is 105 Å². The van der Waals surface area contributed by atoms with Crippen molar-refractivity contribution in [3.63, 3.8) is 0 Å². The monoisotopic (exact) mass is 380 g/mol. The van der Waals surface area contributed by atoms with Gasteiger partial charge in [0.2, 0.25) is 11.8 Å². The first-order chi connectivity index (χ1) is 12.5. The third-order valence-corrected chi connectivity index (χ3v) is 4.53. The van der Waals surface area contributed by atoms with E-state index in [1.165, 1.54) is 18.7 Å². The van der Waals surface area contributed by atoms with Crippen LogP contribution in [0.1, 0.15) is 51.1 Å². The van der Waals surface area contributed by atoms with Gasteiger partial charge in [-0.3, -0.25) is 14.3 Å². The molecule has 8 heteroatoms. The molecule has 1 heterocycles. The molecule has 2 amide bonds. The Hall–Kier alpha value is -2.38. The molecule has 1 unspecified atom stereocenters. The van der Waals surface area contributed by atoms with Gasteiger partial charge < -0.3 is 15.3 Å². The number of rotatable bonds is 10. The van der Waals surface area contributed by atoms with Gasteiger partial charge in [0.05, 0.1) is 5.69 Å². The van der Waals surface area contributed by atoms with Crippen LogP contribution in [-0.2, 0) is 27.3 Å². The molecule has 1 aromatic rings. The van der Waals surface area contributed by atoms with E-state index in [0.29, 0.717) is 12.3 Å². The molecule has 0 saturated heterocycles. The van der Waals surface area contributed by atoms with Gasteiger partial charge in [0, 0.05) is 38.7 Å². The van der Waals surface area contributed by atoms with Gasteiger partial charge in [0.1, 0.15) is 6.04 Å². The standard InChI is InChI=1S/C19H32N4O4/c1-12(2)11-23-14(4)17(13(3)21-23)7-8-18(25)22(15(5)19(26)27)10-9-20-16(6)24/h12,15H,7-11H2,1-6H3,(H,20,24)(H,26,27). The van der Waals surface area contributed by atoms with Crippen LogP contribution in [-0.4, -0.2) is 56.7 Å². The molecule has 0 aliphatic heterocycles. The van der Waals surface area contributed by atoms with Crippen LogP contribution in [0, 0.1) is 19.8 Å². The molecule has 27 heavy (non-hydrogen) atoms. The van der Waals surface area contributed by atoms with Gasteiger partial charge in [0.25, 0.3) is 0 Å². The molecule has 0 radical (unpaired) electrons. The van der Waals surface area contributed by atoms with Crippen molar-refractivity contribution >= 4 is 17.8 Å². The summed E-state index contributed by atoms with van der Waals surface area (Å²) in [6.45, 7) is 12.2. The highest BCUT2D eigenvalue weighted by molar-refractivity contribution is 5.83. The van der Waals surface area contributed by atoms with E-state index in [1.807, 2.05) is 18.5 Å². The Morgan fingerprint density at radius 1 is 1.22 bits per heavy atom. The van der Waals surface area contributed by atoms with E-state index in [4.69, 9.17) is 0 Å². The predicted molar refractivity (Wildman–Crippen MR) is 102 cm³/mol. The number of amides is 2. The van der Waals surface area contributed by atoms with Crippen molar-refractivity contribution in [1.82, 2.24) is 20.0 Å². The Bertz CT molecular complexity index is 681. The number of aliphatic carboxylic acids is 1. The molecule has 0 bridgehead atoms. The lowest BCUT2D eigenvalue weighted by atomic mass is 10.1. The highest BCUT2D eigenvalue weighted by atomic mass is 16.4. The minimum atomic E-state index is -1.07. The highest BCUT2D eigenvalue weighted by Gasteiger charge is 2.25. The second-order valence-electron chi connectivity index (χ2n) is 7.31. The molecule has 1 rings (SSSR count). The molecular formula is C19H32N4O4. The van der Waals surface area contributed by atoms with Crippen molar-refractivity contribution in [2.75, 3.05) is 13.1 Å². The minimum absolute atomic E-state index is 0.163. The third-order valence-electron chi connectivity index (χ3n) is 4.53. The van der Waals surface area contributed by atoms with Crippen LogP contribution in [0.5, 0.6) is 0 Å². The first kappa shape index (κ1) is 22.7. The normalized spacial score (nSPS) is 12.1. The number of carboxylic acids is 1. The largest absolute Gasteiger partial charge is 0.480 e. The summed E-state index contributed by atoms with van der Waals surface area (Å²) in [5.74, 6) is -1.05. The van der Waals surface area contributed by atoms with Crippen LogP contribution in [0.4, 0.5) is 0 Å². The molecule has 0 saturated carbocycles. The molecule has 0 fully saturated rings. The van der Waals surface area contributed by atoms with E-state index in [1.54, 1.807) is 0 Å². The summed E-state index contributed by atoms with van der Waals surface area (Å²) in [5, 5.41) is 16.4. The van der Waals surface area contributed by atoms with Crippen molar-refractivity contribution in [1.29, 1.82) is 0 Å². The van der Waals surface area contributed by atoms with Gasteiger partial charge in [-0.1, -0.05) is 13.8 Å².